The fourth-order valence-corrected chi connectivity index (χ4v) is 2.68. The second-order valence-corrected chi connectivity index (χ2v) is 5.80. The van der Waals surface area contributed by atoms with Gasteiger partial charge >= 0.3 is 5.97 Å². The second-order valence-electron chi connectivity index (χ2n) is 5.80. The Labute approximate surface area is 149 Å². The van der Waals surface area contributed by atoms with E-state index in [2.05, 4.69) is 5.32 Å². The summed E-state index contributed by atoms with van der Waals surface area (Å²) in [4.78, 5) is 37.0. The molecule has 134 valence electrons. The highest BCUT2D eigenvalue weighted by atomic mass is 19.1. The van der Waals surface area contributed by atoms with Gasteiger partial charge in [0, 0.05) is 24.3 Å². The molecule has 0 atom stereocenters. The van der Waals surface area contributed by atoms with Crippen molar-refractivity contribution in [1.82, 2.24) is 0 Å². The fourth-order valence-electron chi connectivity index (χ4n) is 2.68. The number of halogens is 1. The van der Waals surface area contributed by atoms with E-state index in [1.807, 2.05) is 0 Å². The number of rotatable bonds is 5. The highest BCUT2D eigenvalue weighted by Gasteiger charge is 2.21. The predicted octanol–water partition coefficient (Wildman–Crippen LogP) is 2.75. The van der Waals surface area contributed by atoms with Gasteiger partial charge in [-0.05, 0) is 42.8 Å². The number of ether oxygens (including phenoxy) is 1. The van der Waals surface area contributed by atoms with E-state index in [9.17, 15) is 18.8 Å². The van der Waals surface area contributed by atoms with E-state index in [1.54, 1.807) is 29.2 Å². The lowest BCUT2D eigenvalue weighted by Crippen LogP contribution is -2.24. The van der Waals surface area contributed by atoms with Crippen molar-refractivity contribution < 1.29 is 23.5 Å². The lowest BCUT2D eigenvalue weighted by Gasteiger charge is -2.16. The predicted molar refractivity (Wildman–Crippen MR) is 93.3 cm³/mol. The van der Waals surface area contributed by atoms with Crippen LogP contribution in [-0.2, 0) is 14.3 Å². The molecule has 1 aliphatic heterocycles. The Kier molecular flexibility index (Phi) is 5.26. The third kappa shape index (κ3) is 4.05. The van der Waals surface area contributed by atoms with Crippen LogP contribution in [0.25, 0.3) is 0 Å². The molecule has 2 aromatic rings. The number of hydrogen-bond acceptors (Lipinski definition) is 4. The molecule has 6 nitrogen and oxygen atoms in total. The maximum atomic E-state index is 13.5. The molecule has 1 N–H and O–H groups in total. The average Bonchev–Trinajstić information content (AvgIpc) is 3.07. The summed E-state index contributed by atoms with van der Waals surface area (Å²) in [6.07, 6.45) is 1.39. The summed E-state index contributed by atoms with van der Waals surface area (Å²) >= 11 is 0. The van der Waals surface area contributed by atoms with Crippen LogP contribution in [0.5, 0.6) is 0 Å². The third-order valence-electron chi connectivity index (χ3n) is 3.96. The van der Waals surface area contributed by atoms with Crippen molar-refractivity contribution in [3.63, 3.8) is 0 Å². The van der Waals surface area contributed by atoms with Gasteiger partial charge in [-0.25, -0.2) is 9.18 Å². The molecule has 2 aromatic carbocycles. The van der Waals surface area contributed by atoms with Gasteiger partial charge in [0.25, 0.3) is 5.91 Å². The standard InChI is InChI=1S/C19H17FN2O4/c20-16-5-2-1-4-15(16)19(25)26-12-17(23)21-13-7-9-14(10-8-13)22-11-3-6-18(22)24/h1-2,4-5,7-10H,3,6,11-12H2,(H,21,23). The normalized spacial score (nSPS) is 13.6. The fraction of sp³-hybridized carbons (Fsp3) is 0.211. The monoisotopic (exact) mass is 356 g/mol. The minimum absolute atomic E-state index is 0.0850. The Morgan fingerprint density at radius 2 is 1.85 bits per heavy atom. The summed E-state index contributed by atoms with van der Waals surface area (Å²) in [5, 5.41) is 2.58. The first kappa shape index (κ1) is 17.6. The van der Waals surface area contributed by atoms with E-state index >= 15 is 0 Å². The molecule has 0 saturated carbocycles. The number of anilines is 2. The van der Waals surface area contributed by atoms with Gasteiger partial charge in [-0.15, -0.1) is 0 Å². The molecule has 0 spiro atoms. The molecule has 1 heterocycles. The molecule has 0 aliphatic carbocycles. The highest BCUT2D eigenvalue weighted by Crippen LogP contribution is 2.23. The zero-order chi connectivity index (χ0) is 18.5. The van der Waals surface area contributed by atoms with Crippen molar-refractivity contribution in [3.05, 3.63) is 59.9 Å². The smallest absolute Gasteiger partial charge is 0.341 e. The van der Waals surface area contributed by atoms with Gasteiger partial charge < -0.3 is 15.0 Å². The zero-order valence-corrected chi connectivity index (χ0v) is 13.9. The number of carbonyl (C=O) groups excluding carboxylic acids is 3. The topological polar surface area (TPSA) is 75.7 Å². The van der Waals surface area contributed by atoms with Crippen LogP contribution in [0.3, 0.4) is 0 Å². The van der Waals surface area contributed by atoms with Crippen LogP contribution in [0.1, 0.15) is 23.2 Å². The molecule has 1 aliphatic rings. The van der Waals surface area contributed by atoms with Gasteiger partial charge in [0.05, 0.1) is 5.56 Å². The number of amides is 2. The summed E-state index contributed by atoms with van der Waals surface area (Å²) in [6.45, 7) is 0.163. The van der Waals surface area contributed by atoms with Crippen molar-refractivity contribution in [2.75, 3.05) is 23.4 Å². The maximum absolute atomic E-state index is 13.5. The highest BCUT2D eigenvalue weighted by molar-refractivity contribution is 5.97. The lowest BCUT2D eigenvalue weighted by atomic mass is 10.2. The second kappa shape index (κ2) is 7.77. The van der Waals surface area contributed by atoms with Gasteiger partial charge in [-0.3, -0.25) is 9.59 Å². The molecule has 3 rings (SSSR count). The van der Waals surface area contributed by atoms with Crippen molar-refractivity contribution in [2.45, 2.75) is 12.8 Å². The van der Waals surface area contributed by atoms with Crippen molar-refractivity contribution in [1.29, 1.82) is 0 Å². The van der Waals surface area contributed by atoms with Crippen molar-refractivity contribution in [3.8, 4) is 0 Å². The Morgan fingerprint density at radius 1 is 1.12 bits per heavy atom. The average molecular weight is 356 g/mol. The summed E-state index contributed by atoms with van der Waals surface area (Å²) in [7, 11) is 0. The van der Waals surface area contributed by atoms with Crippen LogP contribution in [-0.4, -0.2) is 30.9 Å². The molecule has 1 fully saturated rings. The SMILES string of the molecule is O=C(COC(=O)c1ccccc1F)Nc1ccc(N2CCCC2=O)cc1. The largest absolute Gasteiger partial charge is 0.452 e. The maximum Gasteiger partial charge on any atom is 0.341 e. The first-order valence-electron chi connectivity index (χ1n) is 8.16. The van der Waals surface area contributed by atoms with Crippen molar-refractivity contribution >= 4 is 29.2 Å². The summed E-state index contributed by atoms with van der Waals surface area (Å²) in [5.41, 5.74) is 1.06. The molecular weight excluding hydrogens is 339 g/mol. The summed E-state index contributed by atoms with van der Waals surface area (Å²) < 4.78 is 18.3. The third-order valence-corrected chi connectivity index (χ3v) is 3.96. The molecule has 7 heteroatoms. The molecule has 26 heavy (non-hydrogen) atoms. The van der Waals surface area contributed by atoms with Crippen molar-refractivity contribution in [2.24, 2.45) is 0 Å². The summed E-state index contributed by atoms with van der Waals surface area (Å²) in [6, 6.07) is 12.2. The van der Waals surface area contributed by atoms with Gasteiger partial charge in [0.1, 0.15) is 5.82 Å². The van der Waals surface area contributed by atoms with Crippen LogP contribution in [0.15, 0.2) is 48.5 Å². The Bertz CT molecular complexity index is 836. The summed E-state index contributed by atoms with van der Waals surface area (Å²) in [5.74, 6) is -2.06. The van der Waals surface area contributed by atoms with E-state index in [4.69, 9.17) is 4.74 Å². The van der Waals surface area contributed by atoms with Crippen LogP contribution in [0, 0.1) is 5.82 Å². The quantitative estimate of drug-likeness (QED) is 0.836. The van der Waals surface area contributed by atoms with Gasteiger partial charge in [0.2, 0.25) is 5.91 Å². The van der Waals surface area contributed by atoms with E-state index < -0.39 is 24.3 Å². The minimum Gasteiger partial charge on any atom is -0.452 e. The van der Waals surface area contributed by atoms with E-state index in [0.29, 0.717) is 18.7 Å². The van der Waals surface area contributed by atoms with Gasteiger partial charge in [0.15, 0.2) is 6.61 Å². The molecule has 0 aromatic heterocycles. The van der Waals surface area contributed by atoms with Crippen LogP contribution in [0.4, 0.5) is 15.8 Å². The van der Waals surface area contributed by atoms with E-state index in [-0.39, 0.29) is 11.5 Å². The first-order valence-corrected chi connectivity index (χ1v) is 8.16. The van der Waals surface area contributed by atoms with Crippen LogP contribution in [0.2, 0.25) is 0 Å². The molecule has 0 bridgehead atoms. The van der Waals surface area contributed by atoms with Gasteiger partial charge in [-0.2, -0.15) is 0 Å². The number of nitrogens with zero attached hydrogens (tertiary/aromatic N) is 1. The molecular formula is C19H17FN2O4. The number of benzene rings is 2. The molecule has 2 amide bonds. The molecule has 0 unspecified atom stereocenters. The number of hydrogen-bond donors (Lipinski definition) is 1. The van der Waals surface area contributed by atoms with Crippen LogP contribution < -0.4 is 10.2 Å². The molecule has 0 radical (unpaired) electrons. The number of esters is 1. The number of nitrogens with one attached hydrogen (secondary N) is 1. The Morgan fingerprint density at radius 3 is 2.50 bits per heavy atom. The molecule has 1 saturated heterocycles. The zero-order valence-electron chi connectivity index (χ0n) is 13.9. The number of carbonyl (C=O) groups is 3. The van der Waals surface area contributed by atoms with E-state index in [0.717, 1.165) is 18.2 Å². The first-order chi connectivity index (χ1) is 12.5. The van der Waals surface area contributed by atoms with Gasteiger partial charge in [-0.1, -0.05) is 12.1 Å². The van der Waals surface area contributed by atoms with E-state index in [1.165, 1.54) is 18.2 Å². The lowest BCUT2D eigenvalue weighted by molar-refractivity contribution is -0.119. The Hall–Kier alpha value is -3.22. The van der Waals surface area contributed by atoms with Crippen LogP contribution >= 0.6 is 0 Å². The Balaban J connectivity index is 1.52. The minimum atomic E-state index is -0.902.